The minimum absolute atomic E-state index is 0. The first-order chi connectivity index (χ1) is 8.16. The van der Waals surface area contributed by atoms with Gasteiger partial charge in [-0.2, -0.15) is 6.08 Å². The van der Waals surface area contributed by atoms with Gasteiger partial charge < -0.3 is 4.74 Å². The second-order valence-corrected chi connectivity index (χ2v) is 4.75. The van der Waals surface area contributed by atoms with Gasteiger partial charge in [-0.15, -0.1) is 31.2 Å². The molecule has 0 aliphatic heterocycles. The first-order valence-corrected chi connectivity index (χ1v) is 6.16. The van der Waals surface area contributed by atoms with E-state index in [0.29, 0.717) is 6.61 Å². The van der Waals surface area contributed by atoms with Crippen molar-refractivity contribution in [3.05, 3.63) is 53.6 Å². The summed E-state index contributed by atoms with van der Waals surface area (Å²) in [4.78, 5) is 0. The first kappa shape index (κ1) is 22.1. The largest absolute Gasteiger partial charge is 0.494 e. The standard InChI is InChI=1S/C16H19O.2ClH.Ti/c1-4-17-15-12-8-7-11-14(15)16(2,3)13-9-5-6-10-13;;;/h5,7-9,11-12H,4,6H2,1-3H3;2*1H;/q-1;;;. The van der Waals surface area contributed by atoms with Gasteiger partial charge in [-0.25, -0.2) is 11.6 Å². The van der Waals surface area contributed by atoms with E-state index in [1.807, 2.05) is 19.1 Å². The Bertz CT molecular complexity index is 467. The van der Waals surface area contributed by atoms with Crippen LogP contribution in [0.15, 0.2) is 42.0 Å². The van der Waals surface area contributed by atoms with E-state index in [2.05, 4.69) is 44.2 Å². The second-order valence-electron chi connectivity index (χ2n) is 4.75. The molecule has 1 aliphatic carbocycles. The Morgan fingerprint density at radius 2 is 1.85 bits per heavy atom. The average molecular weight is 348 g/mol. The van der Waals surface area contributed by atoms with E-state index in [-0.39, 0.29) is 51.9 Å². The minimum atomic E-state index is -0.0429. The van der Waals surface area contributed by atoms with Gasteiger partial charge in [0.1, 0.15) is 5.75 Å². The number of allylic oxidation sites excluding steroid dienone is 4. The van der Waals surface area contributed by atoms with Crippen molar-refractivity contribution in [2.75, 3.05) is 6.61 Å². The Morgan fingerprint density at radius 1 is 1.20 bits per heavy atom. The molecule has 0 spiro atoms. The maximum absolute atomic E-state index is 5.72. The van der Waals surface area contributed by atoms with E-state index in [9.17, 15) is 0 Å². The molecule has 1 aromatic rings. The third kappa shape index (κ3) is 4.67. The SMILES string of the molecule is CCOc1ccccc1C(C)(C)C1=[C-]CC=C1.Cl.Cl.[Ti]. The summed E-state index contributed by atoms with van der Waals surface area (Å²) in [7, 11) is 0. The molecule has 0 saturated heterocycles. The molecule has 0 unspecified atom stereocenters. The zero-order valence-corrected chi connectivity index (χ0v) is 15.3. The Labute approximate surface area is 149 Å². The van der Waals surface area contributed by atoms with Gasteiger partial charge in [0.15, 0.2) is 0 Å². The summed E-state index contributed by atoms with van der Waals surface area (Å²) in [6.45, 7) is 7.17. The van der Waals surface area contributed by atoms with Crippen LogP contribution < -0.4 is 4.74 Å². The molecule has 2 rings (SSSR count). The third-order valence-corrected chi connectivity index (χ3v) is 3.23. The van der Waals surface area contributed by atoms with Gasteiger partial charge in [-0.3, -0.25) is 6.08 Å². The van der Waals surface area contributed by atoms with Gasteiger partial charge in [0.05, 0.1) is 6.61 Å². The van der Waals surface area contributed by atoms with E-state index in [1.165, 1.54) is 11.1 Å². The van der Waals surface area contributed by atoms with Crippen LogP contribution in [-0.4, -0.2) is 6.61 Å². The molecular weight excluding hydrogens is 327 g/mol. The Balaban J connectivity index is 0. The van der Waals surface area contributed by atoms with Crippen molar-refractivity contribution >= 4 is 24.8 Å². The van der Waals surface area contributed by atoms with Gasteiger partial charge in [0.2, 0.25) is 0 Å². The molecule has 0 amide bonds. The molecule has 110 valence electrons. The van der Waals surface area contributed by atoms with Crippen LogP contribution in [0.5, 0.6) is 5.75 Å². The summed E-state index contributed by atoms with van der Waals surface area (Å²) in [5.74, 6) is 0.981. The molecule has 0 bridgehead atoms. The van der Waals surface area contributed by atoms with Gasteiger partial charge in [0, 0.05) is 27.3 Å². The molecule has 0 fully saturated rings. The zero-order valence-electron chi connectivity index (χ0n) is 12.1. The molecule has 0 aromatic heterocycles. The molecule has 20 heavy (non-hydrogen) atoms. The number of para-hydroxylation sites is 1. The van der Waals surface area contributed by atoms with Crippen molar-refractivity contribution in [3.8, 4) is 5.75 Å². The number of hydrogen-bond donors (Lipinski definition) is 0. The van der Waals surface area contributed by atoms with E-state index >= 15 is 0 Å². The predicted octanol–water partition coefficient (Wildman–Crippen LogP) is 4.89. The van der Waals surface area contributed by atoms with Gasteiger partial charge in [-0.1, -0.05) is 32.0 Å². The molecule has 1 aliphatic rings. The van der Waals surface area contributed by atoms with Crippen molar-refractivity contribution in [3.63, 3.8) is 0 Å². The smallest absolute Gasteiger partial charge is 0.123 e. The maximum atomic E-state index is 5.72. The fourth-order valence-electron chi connectivity index (χ4n) is 2.24. The summed E-state index contributed by atoms with van der Waals surface area (Å²) < 4.78 is 5.72. The van der Waals surface area contributed by atoms with E-state index in [1.54, 1.807) is 0 Å². The number of benzene rings is 1. The average Bonchev–Trinajstić information content (AvgIpc) is 2.84. The normalized spacial score (nSPS) is 12.7. The summed E-state index contributed by atoms with van der Waals surface area (Å²) in [6.07, 6.45) is 8.66. The number of hydrogen-bond acceptors (Lipinski definition) is 1. The second kappa shape index (κ2) is 9.68. The molecule has 0 heterocycles. The molecule has 4 heteroatoms. The van der Waals surface area contributed by atoms with Gasteiger partial charge in [0.25, 0.3) is 0 Å². The summed E-state index contributed by atoms with van der Waals surface area (Å²) in [5, 5.41) is 0. The van der Waals surface area contributed by atoms with Crippen LogP contribution in [0.2, 0.25) is 0 Å². The fourth-order valence-corrected chi connectivity index (χ4v) is 2.24. The monoisotopic (exact) mass is 347 g/mol. The van der Waals surface area contributed by atoms with Crippen LogP contribution in [0.3, 0.4) is 0 Å². The van der Waals surface area contributed by atoms with E-state index in [4.69, 9.17) is 4.74 Å². The number of ether oxygens (including phenoxy) is 1. The van der Waals surface area contributed by atoms with Crippen LogP contribution >= 0.6 is 24.8 Å². The van der Waals surface area contributed by atoms with Crippen LogP contribution in [0.1, 0.15) is 32.8 Å². The molecule has 1 nitrogen and oxygen atoms in total. The predicted molar refractivity (Wildman–Crippen MR) is 85.6 cm³/mol. The van der Waals surface area contributed by atoms with Crippen molar-refractivity contribution in [1.82, 2.24) is 0 Å². The van der Waals surface area contributed by atoms with Crippen molar-refractivity contribution in [2.24, 2.45) is 0 Å². The van der Waals surface area contributed by atoms with Crippen molar-refractivity contribution < 1.29 is 26.5 Å². The number of halogens is 2. The van der Waals surface area contributed by atoms with Crippen LogP contribution in [0.4, 0.5) is 0 Å². The molecule has 0 saturated carbocycles. The minimum Gasteiger partial charge on any atom is -0.494 e. The topological polar surface area (TPSA) is 9.23 Å². The summed E-state index contributed by atoms with van der Waals surface area (Å²) in [5.41, 5.74) is 2.44. The van der Waals surface area contributed by atoms with Crippen LogP contribution in [0, 0.1) is 6.08 Å². The van der Waals surface area contributed by atoms with Gasteiger partial charge in [-0.05, 0) is 18.4 Å². The van der Waals surface area contributed by atoms with Crippen molar-refractivity contribution in [1.29, 1.82) is 0 Å². The Hall–Kier alpha value is -0.206. The summed E-state index contributed by atoms with van der Waals surface area (Å²) >= 11 is 0. The zero-order chi connectivity index (χ0) is 12.3. The molecule has 0 radical (unpaired) electrons. The summed E-state index contributed by atoms with van der Waals surface area (Å²) in [6, 6.07) is 8.28. The van der Waals surface area contributed by atoms with Crippen LogP contribution in [0.25, 0.3) is 0 Å². The van der Waals surface area contributed by atoms with Crippen molar-refractivity contribution in [2.45, 2.75) is 32.6 Å². The molecule has 0 N–H and O–H groups in total. The van der Waals surface area contributed by atoms with Crippen LogP contribution in [-0.2, 0) is 27.1 Å². The van der Waals surface area contributed by atoms with E-state index < -0.39 is 0 Å². The number of rotatable bonds is 4. The Morgan fingerprint density at radius 3 is 2.40 bits per heavy atom. The molecule has 1 aromatic carbocycles. The fraction of sp³-hybridized carbons (Fsp3) is 0.375. The van der Waals surface area contributed by atoms with E-state index in [0.717, 1.165) is 12.2 Å². The maximum Gasteiger partial charge on any atom is 0.123 e. The molecule has 0 atom stereocenters. The quantitative estimate of drug-likeness (QED) is 0.556. The molecular formula is C16H21Cl2OTi-. The third-order valence-electron chi connectivity index (χ3n) is 3.23. The van der Waals surface area contributed by atoms with Gasteiger partial charge >= 0.3 is 0 Å². The first-order valence-electron chi connectivity index (χ1n) is 6.16. The Kier molecular flexibility index (Phi) is 10.7.